The van der Waals surface area contributed by atoms with Crippen LogP contribution in [-0.2, 0) is 13.6 Å². The van der Waals surface area contributed by atoms with Crippen LogP contribution in [0.2, 0.25) is 0 Å². The van der Waals surface area contributed by atoms with Crippen LogP contribution in [0.15, 0.2) is 24.4 Å². The highest BCUT2D eigenvalue weighted by Crippen LogP contribution is 2.35. The number of piperidine rings is 1. The molecular weight excluding hydrogens is 318 g/mol. The van der Waals surface area contributed by atoms with Gasteiger partial charge in [0.2, 0.25) is 0 Å². The van der Waals surface area contributed by atoms with Crippen molar-refractivity contribution in [2.45, 2.75) is 31.9 Å². The first kappa shape index (κ1) is 16.4. The molecule has 1 N–H and O–H groups in total. The van der Waals surface area contributed by atoms with Gasteiger partial charge in [-0.25, -0.2) is 0 Å². The van der Waals surface area contributed by atoms with E-state index in [4.69, 9.17) is 9.47 Å². The van der Waals surface area contributed by atoms with E-state index in [1.807, 2.05) is 29.9 Å². The molecule has 6 heteroatoms. The molecule has 1 unspecified atom stereocenters. The number of benzene rings is 1. The number of β-amino-alcohol motifs (C(OH)–C–C–N with tert-alkyl or cyclic N) is 1. The van der Waals surface area contributed by atoms with E-state index < -0.39 is 0 Å². The first-order valence-electron chi connectivity index (χ1n) is 9.02. The third-order valence-electron chi connectivity index (χ3n) is 4.80. The molecule has 1 aromatic carbocycles. The molecule has 25 heavy (non-hydrogen) atoms. The lowest BCUT2D eigenvalue weighted by Crippen LogP contribution is -2.37. The zero-order valence-corrected chi connectivity index (χ0v) is 14.6. The van der Waals surface area contributed by atoms with Gasteiger partial charge in [-0.3, -0.25) is 9.58 Å². The minimum atomic E-state index is -0.216. The van der Waals surface area contributed by atoms with Crippen molar-refractivity contribution < 1.29 is 14.6 Å². The zero-order valence-electron chi connectivity index (χ0n) is 14.6. The van der Waals surface area contributed by atoms with Crippen molar-refractivity contribution in [1.82, 2.24) is 14.7 Å². The van der Waals surface area contributed by atoms with Crippen molar-refractivity contribution in [1.29, 1.82) is 0 Å². The number of aryl methyl sites for hydroxylation is 1. The highest BCUT2D eigenvalue weighted by molar-refractivity contribution is 5.66. The molecule has 4 rings (SSSR count). The van der Waals surface area contributed by atoms with Crippen LogP contribution in [0.5, 0.6) is 11.5 Å². The SMILES string of the molecule is Cn1cc(CN2CCCC(O)C2)c(-c2ccc3c(c2)OCCCO3)n1. The maximum Gasteiger partial charge on any atom is 0.161 e. The van der Waals surface area contributed by atoms with Crippen LogP contribution in [0.1, 0.15) is 24.8 Å². The fourth-order valence-electron chi connectivity index (χ4n) is 3.62. The Morgan fingerprint density at radius 2 is 2.04 bits per heavy atom. The summed E-state index contributed by atoms with van der Waals surface area (Å²) in [6, 6.07) is 6.04. The first-order valence-corrected chi connectivity index (χ1v) is 9.02. The average molecular weight is 343 g/mol. The maximum atomic E-state index is 9.92. The standard InChI is InChI=1S/C19H25N3O3/c1-21-11-15(12-22-7-2-4-16(23)13-22)19(20-21)14-5-6-17-18(10-14)25-9-3-8-24-17/h5-6,10-11,16,23H,2-4,7-9,12-13H2,1H3. The lowest BCUT2D eigenvalue weighted by Gasteiger charge is -2.29. The van der Waals surface area contributed by atoms with E-state index in [1.165, 1.54) is 5.56 Å². The van der Waals surface area contributed by atoms with Crippen LogP contribution >= 0.6 is 0 Å². The molecule has 1 saturated heterocycles. The van der Waals surface area contributed by atoms with Crippen molar-refractivity contribution >= 4 is 0 Å². The molecule has 0 amide bonds. The van der Waals surface area contributed by atoms with Crippen LogP contribution in [0, 0.1) is 0 Å². The van der Waals surface area contributed by atoms with E-state index in [-0.39, 0.29) is 6.10 Å². The highest BCUT2D eigenvalue weighted by Gasteiger charge is 2.21. The topological polar surface area (TPSA) is 59.8 Å². The Labute approximate surface area is 148 Å². The smallest absolute Gasteiger partial charge is 0.161 e. The van der Waals surface area contributed by atoms with Crippen LogP contribution in [0.3, 0.4) is 0 Å². The van der Waals surface area contributed by atoms with Gasteiger partial charge in [-0.1, -0.05) is 0 Å². The minimum Gasteiger partial charge on any atom is -0.490 e. The fourth-order valence-corrected chi connectivity index (χ4v) is 3.62. The number of aliphatic hydroxyl groups is 1. The highest BCUT2D eigenvalue weighted by atomic mass is 16.5. The molecule has 0 spiro atoms. The summed E-state index contributed by atoms with van der Waals surface area (Å²) in [5.74, 6) is 1.60. The summed E-state index contributed by atoms with van der Waals surface area (Å²) in [5, 5.41) is 14.6. The molecule has 134 valence electrons. The number of fused-ring (bicyclic) bond motifs is 1. The number of ether oxygens (including phenoxy) is 2. The molecule has 0 bridgehead atoms. The van der Waals surface area contributed by atoms with Crippen molar-refractivity contribution in [3.8, 4) is 22.8 Å². The van der Waals surface area contributed by atoms with Crippen molar-refractivity contribution in [2.75, 3.05) is 26.3 Å². The summed E-state index contributed by atoms with van der Waals surface area (Å²) >= 11 is 0. The van der Waals surface area contributed by atoms with Gasteiger partial charge in [0.1, 0.15) is 0 Å². The number of likely N-dealkylation sites (tertiary alicyclic amines) is 1. The Morgan fingerprint density at radius 3 is 2.88 bits per heavy atom. The summed E-state index contributed by atoms with van der Waals surface area (Å²) in [6.07, 6.45) is 4.70. The summed E-state index contributed by atoms with van der Waals surface area (Å²) < 4.78 is 13.4. The van der Waals surface area contributed by atoms with Crippen molar-refractivity contribution in [3.05, 3.63) is 30.0 Å². The summed E-state index contributed by atoms with van der Waals surface area (Å²) in [7, 11) is 1.95. The van der Waals surface area contributed by atoms with Gasteiger partial charge in [0.25, 0.3) is 0 Å². The second kappa shape index (κ2) is 7.06. The van der Waals surface area contributed by atoms with E-state index >= 15 is 0 Å². The monoisotopic (exact) mass is 343 g/mol. The second-order valence-corrected chi connectivity index (χ2v) is 6.92. The number of hydrogen-bond donors (Lipinski definition) is 1. The molecule has 2 aliphatic rings. The average Bonchev–Trinajstić information content (AvgIpc) is 2.81. The Morgan fingerprint density at radius 1 is 1.20 bits per heavy atom. The molecule has 0 saturated carbocycles. The van der Waals surface area contributed by atoms with E-state index in [0.717, 1.165) is 61.7 Å². The van der Waals surface area contributed by atoms with Gasteiger partial charge in [0, 0.05) is 43.9 Å². The normalized spacial score (nSPS) is 21.1. The number of nitrogens with zero attached hydrogens (tertiary/aromatic N) is 3. The molecule has 1 aromatic heterocycles. The number of aromatic nitrogens is 2. The first-order chi connectivity index (χ1) is 12.2. The Bertz CT molecular complexity index is 744. The lowest BCUT2D eigenvalue weighted by atomic mass is 10.0. The van der Waals surface area contributed by atoms with Gasteiger partial charge in [-0.15, -0.1) is 0 Å². The van der Waals surface area contributed by atoms with E-state index in [1.54, 1.807) is 0 Å². The number of aliphatic hydroxyl groups excluding tert-OH is 1. The molecule has 2 aromatic rings. The third-order valence-corrected chi connectivity index (χ3v) is 4.80. The maximum absolute atomic E-state index is 9.92. The Kier molecular flexibility index (Phi) is 4.63. The predicted molar refractivity (Wildman–Crippen MR) is 94.8 cm³/mol. The molecule has 0 aliphatic carbocycles. The van der Waals surface area contributed by atoms with Crippen molar-refractivity contribution in [2.24, 2.45) is 7.05 Å². The zero-order chi connectivity index (χ0) is 17.2. The van der Waals surface area contributed by atoms with Crippen LogP contribution in [-0.4, -0.2) is 52.2 Å². The molecule has 2 aliphatic heterocycles. The van der Waals surface area contributed by atoms with Gasteiger partial charge in [0.15, 0.2) is 11.5 Å². The van der Waals surface area contributed by atoms with Gasteiger partial charge < -0.3 is 14.6 Å². The van der Waals surface area contributed by atoms with Crippen LogP contribution in [0.4, 0.5) is 0 Å². The van der Waals surface area contributed by atoms with Gasteiger partial charge in [0.05, 0.1) is 25.0 Å². The van der Waals surface area contributed by atoms with Gasteiger partial charge in [-0.2, -0.15) is 5.10 Å². The summed E-state index contributed by atoms with van der Waals surface area (Å²) in [5.41, 5.74) is 3.18. The van der Waals surface area contributed by atoms with E-state index in [9.17, 15) is 5.11 Å². The summed E-state index contributed by atoms with van der Waals surface area (Å²) in [4.78, 5) is 2.30. The fraction of sp³-hybridized carbons (Fsp3) is 0.526. The lowest BCUT2D eigenvalue weighted by molar-refractivity contribution is 0.0669. The quantitative estimate of drug-likeness (QED) is 0.926. The van der Waals surface area contributed by atoms with Gasteiger partial charge in [-0.05, 0) is 37.6 Å². The molecule has 3 heterocycles. The summed E-state index contributed by atoms with van der Waals surface area (Å²) in [6.45, 7) is 3.92. The van der Waals surface area contributed by atoms with Crippen molar-refractivity contribution in [3.63, 3.8) is 0 Å². The number of rotatable bonds is 3. The Balaban J connectivity index is 1.61. The van der Waals surface area contributed by atoms with Gasteiger partial charge >= 0.3 is 0 Å². The third kappa shape index (κ3) is 3.65. The molecule has 0 radical (unpaired) electrons. The number of hydrogen-bond acceptors (Lipinski definition) is 5. The van der Waals surface area contributed by atoms with E-state index in [2.05, 4.69) is 16.2 Å². The Hall–Kier alpha value is -2.05. The molecule has 6 nitrogen and oxygen atoms in total. The van der Waals surface area contributed by atoms with Crippen LogP contribution in [0.25, 0.3) is 11.3 Å². The predicted octanol–water partition coefficient (Wildman–Crippen LogP) is 2.21. The minimum absolute atomic E-state index is 0.216. The molecule has 1 fully saturated rings. The van der Waals surface area contributed by atoms with E-state index in [0.29, 0.717) is 13.2 Å². The van der Waals surface area contributed by atoms with Crippen LogP contribution < -0.4 is 9.47 Å². The molecule has 1 atom stereocenters. The largest absolute Gasteiger partial charge is 0.490 e. The second-order valence-electron chi connectivity index (χ2n) is 6.92. The molecular formula is C19H25N3O3.